The van der Waals surface area contributed by atoms with Crippen LogP contribution in [0.3, 0.4) is 0 Å². The summed E-state index contributed by atoms with van der Waals surface area (Å²) in [5.41, 5.74) is 2.60. The van der Waals surface area contributed by atoms with Gasteiger partial charge in [-0.3, -0.25) is 4.79 Å². The Kier molecular flexibility index (Phi) is 6.10. The molecule has 3 rings (SSSR count). The van der Waals surface area contributed by atoms with Crippen LogP contribution in [0.15, 0.2) is 47.0 Å². The molecule has 0 saturated carbocycles. The summed E-state index contributed by atoms with van der Waals surface area (Å²) in [6.45, 7) is 8.28. The summed E-state index contributed by atoms with van der Waals surface area (Å²) in [4.78, 5) is 17.0. The molecule has 0 spiro atoms. The van der Waals surface area contributed by atoms with E-state index in [9.17, 15) is 4.79 Å². The van der Waals surface area contributed by atoms with E-state index in [-0.39, 0.29) is 11.3 Å². The minimum atomic E-state index is -0.458. The van der Waals surface area contributed by atoms with Crippen molar-refractivity contribution in [2.75, 3.05) is 14.2 Å². The van der Waals surface area contributed by atoms with E-state index < -0.39 is 6.04 Å². The molecule has 7 nitrogen and oxygen atoms in total. The normalized spacial score (nSPS) is 12.3. The first-order valence-electron chi connectivity index (χ1n) is 9.70. The molecular formula is C23H27N3O4. The number of carbonyl (C=O) groups excluding carboxylic acids is 1. The fourth-order valence-electron chi connectivity index (χ4n) is 2.97. The monoisotopic (exact) mass is 409 g/mol. The maximum absolute atomic E-state index is 12.6. The van der Waals surface area contributed by atoms with Gasteiger partial charge in [-0.05, 0) is 36.1 Å². The van der Waals surface area contributed by atoms with E-state index in [2.05, 4.69) is 48.4 Å². The fraction of sp³-hybridized carbons (Fsp3) is 0.348. The van der Waals surface area contributed by atoms with Crippen molar-refractivity contribution in [1.82, 2.24) is 15.5 Å². The number of aromatic nitrogens is 2. The lowest BCUT2D eigenvalue weighted by molar-refractivity contribution is 0.0932. The highest BCUT2D eigenvalue weighted by molar-refractivity contribution is 5.95. The summed E-state index contributed by atoms with van der Waals surface area (Å²) < 4.78 is 15.8. The number of carbonyl (C=O) groups is 1. The zero-order chi connectivity index (χ0) is 21.9. The molecule has 3 aromatic rings. The fourth-order valence-corrected chi connectivity index (χ4v) is 2.97. The summed E-state index contributed by atoms with van der Waals surface area (Å²) in [6, 6.07) is 12.6. The summed E-state index contributed by atoms with van der Waals surface area (Å²) >= 11 is 0. The number of benzene rings is 2. The van der Waals surface area contributed by atoms with Gasteiger partial charge in [0.1, 0.15) is 6.04 Å². The van der Waals surface area contributed by atoms with Gasteiger partial charge >= 0.3 is 0 Å². The zero-order valence-corrected chi connectivity index (χ0v) is 18.1. The van der Waals surface area contributed by atoms with Gasteiger partial charge in [-0.15, -0.1) is 0 Å². The summed E-state index contributed by atoms with van der Waals surface area (Å²) in [5.74, 6) is 1.58. The van der Waals surface area contributed by atoms with Crippen molar-refractivity contribution in [2.45, 2.75) is 39.2 Å². The number of methoxy groups -OCH3 is 2. The second-order valence-electron chi connectivity index (χ2n) is 8.05. The Hall–Kier alpha value is -3.35. The molecule has 158 valence electrons. The minimum Gasteiger partial charge on any atom is -0.493 e. The van der Waals surface area contributed by atoms with Gasteiger partial charge in [-0.1, -0.05) is 50.2 Å². The number of amides is 1. The maximum atomic E-state index is 12.6. The highest BCUT2D eigenvalue weighted by Gasteiger charge is 2.20. The molecule has 0 unspecified atom stereocenters. The van der Waals surface area contributed by atoms with Crippen LogP contribution < -0.4 is 14.8 Å². The van der Waals surface area contributed by atoms with E-state index >= 15 is 0 Å². The van der Waals surface area contributed by atoms with Crippen molar-refractivity contribution in [3.8, 4) is 22.9 Å². The predicted octanol–water partition coefficient (Wildman–Crippen LogP) is 4.54. The second kappa shape index (κ2) is 8.57. The third-order valence-corrected chi connectivity index (χ3v) is 4.81. The molecule has 1 heterocycles. The molecule has 1 N–H and O–H groups in total. The Morgan fingerprint density at radius 1 is 1.03 bits per heavy atom. The summed E-state index contributed by atoms with van der Waals surface area (Å²) in [5, 5.41) is 6.92. The maximum Gasteiger partial charge on any atom is 0.252 e. The van der Waals surface area contributed by atoms with Gasteiger partial charge in [0.05, 0.1) is 14.2 Å². The number of rotatable bonds is 6. The predicted molar refractivity (Wildman–Crippen MR) is 114 cm³/mol. The minimum absolute atomic E-state index is 0.0733. The van der Waals surface area contributed by atoms with Crippen molar-refractivity contribution < 1.29 is 18.8 Å². The number of nitrogens with one attached hydrogen (secondary N) is 1. The van der Waals surface area contributed by atoms with E-state index in [0.717, 1.165) is 5.56 Å². The second-order valence-corrected chi connectivity index (χ2v) is 8.05. The van der Waals surface area contributed by atoms with E-state index in [4.69, 9.17) is 14.0 Å². The van der Waals surface area contributed by atoms with Gasteiger partial charge in [0.2, 0.25) is 11.7 Å². The molecule has 0 aliphatic heterocycles. The average Bonchev–Trinajstić information content (AvgIpc) is 3.23. The number of hydrogen-bond acceptors (Lipinski definition) is 6. The highest BCUT2D eigenvalue weighted by Crippen LogP contribution is 2.28. The van der Waals surface area contributed by atoms with Crippen LogP contribution in [0.1, 0.15) is 55.5 Å². The third kappa shape index (κ3) is 4.62. The molecule has 1 amide bonds. The van der Waals surface area contributed by atoms with Crippen molar-refractivity contribution in [1.29, 1.82) is 0 Å². The number of ether oxygens (including phenoxy) is 2. The third-order valence-electron chi connectivity index (χ3n) is 4.81. The molecule has 7 heteroatoms. The number of hydrogen-bond donors (Lipinski definition) is 1. The van der Waals surface area contributed by atoms with Gasteiger partial charge in [-0.25, -0.2) is 0 Å². The van der Waals surface area contributed by atoms with Crippen LogP contribution in [0.5, 0.6) is 11.5 Å². The van der Waals surface area contributed by atoms with Gasteiger partial charge in [0, 0.05) is 11.1 Å². The van der Waals surface area contributed by atoms with E-state index in [1.807, 2.05) is 12.1 Å². The largest absolute Gasteiger partial charge is 0.493 e. The van der Waals surface area contributed by atoms with E-state index in [0.29, 0.717) is 28.8 Å². The van der Waals surface area contributed by atoms with Crippen LogP contribution in [0, 0.1) is 0 Å². The van der Waals surface area contributed by atoms with Gasteiger partial charge < -0.3 is 19.3 Å². The molecule has 1 aromatic heterocycles. The first-order valence-corrected chi connectivity index (χ1v) is 9.70. The van der Waals surface area contributed by atoms with Crippen LogP contribution >= 0.6 is 0 Å². The first kappa shape index (κ1) is 21.4. The van der Waals surface area contributed by atoms with Crippen molar-refractivity contribution in [3.63, 3.8) is 0 Å². The molecular weight excluding hydrogens is 382 g/mol. The topological polar surface area (TPSA) is 86.5 Å². The molecule has 0 aliphatic carbocycles. The van der Waals surface area contributed by atoms with E-state index in [1.165, 1.54) is 12.7 Å². The molecule has 30 heavy (non-hydrogen) atoms. The summed E-state index contributed by atoms with van der Waals surface area (Å²) in [6.07, 6.45) is 0. The molecule has 1 atom stereocenters. The zero-order valence-electron chi connectivity index (χ0n) is 18.1. The molecule has 0 saturated heterocycles. The van der Waals surface area contributed by atoms with Gasteiger partial charge in [0.25, 0.3) is 5.91 Å². The van der Waals surface area contributed by atoms with Gasteiger partial charge in [-0.2, -0.15) is 4.98 Å². The molecule has 0 radical (unpaired) electrons. The lowest BCUT2D eigenvalue weighted by Gasteiger charge is -2.18. The van der Waals surface area contributed by atoms with Crippen LogP contribution in [-0.2, 0) is 5.41 Å². The quantitative estimate of drug-likeness (QED) is 0.643. The molecule has 0 fully saturated rings. The molecule has 2 aromatic carbocycles. The Labute approximate surface area is 176 Å². The Balaban J connectivity index is 1.72. The first-order chi connectivity index (χ1) is 14.2. The van der Waals surface area contributed by atoms with Crippen LogP contribution in [-0.4, -0.2) is 30.3 Å². The molecule has 0 bridgehead atoms. The average molecular weight is 409 g/mol. The van der Waals surface area contributed by atoms with Crippen molar-refractivity contribution >= 4 is 5.91 Å². The Morgan fingerprint density at radius 3 is 2.30 bits per heavy atom. The lowest BCUT2D eigenvalue weighted by Crippen LogP contribution is -2.26. The van der Waals surface area contributed by atoms with Crippen LogP contribution in [0.25, 0.3) is 11.4 Å². The van der Waals surface area contributed by atoms with Crippen molar-refractivity contribution in [2.24, 2.45) is 0 Å². The molecule has 0 aliphatic rings. The van der Waals surface area contributed by atoms with Crippen molar-refractivity contribution in [3.05, 3.63) is 59.5 Å². The van der Waals surface area contributed by atoms with Gasteiger partial charge in [0.15, 0.2) is 11.5 Å². The lowest BCUT2D eigenvalue weighted by atomic mass is 9.87. The van der Waals surface area contributed by atoms with Crippen LogP contribution in [0.2, 0.25) is 0 Å². The SMILES string of the molecule is COc1ccc(C(=O)N[C@H](C)c2nc(-c3ccc(C(C)(C)C)cc3)no2)cc1OC. The Bertz CT molecular complexity index is 1020. The smallest absolute Gasteiger partial charge is 0.252 e. The summed E-state index contributed by atoms with van der Waals surface area (Å²) in [7, 11) is 3.07. The van der Waals surface area contributed by atoms with Crippen LogP contribution in [0.4, 0.5) is 0 Å². The Morgan fingerprint density at radius 2 is 1.70 bits per heavy atom. The highest BCUT2D eigenvalue weighted by atomic mass is 16.5. The number of nitrogens with zero attached hydrogens (tertiary/aromatic N) is 2. The standard InChI is InChI=1S/C23H27N3O4/c1-14(24-21(27)16-9-12-18(28-5)19(13-16)29-6)22-25-20(26-30-22)15-7-10-17(11-8-15)23(2,3)4/h7-14H,1-6H3,(H,24,27)/t14-/m1/s1. The van der Waals surface area contributed by atoms with E-state index in [1.54, 1.807) is 32.2 Å².